The molecule has 1 amide bonds. The summed E-state index contributed by atoms with van der Waals surface area (Å²) < 4.78 is 0. The van der Waals surface area contributed by atoms with Crippen LogP contribution < -0.4 is 5.32 Å². The minimum absolute atomic E-state index is 0.0992. The van der Waals surface area contributed by atoms with E-state index >= 15 is 0 Å². The van der Waals surface area contributed by atoms with E-state index in [-0.39, 0.29) is 11.8 Å². The Hall–Kier alpha value is -1.88. The first-order valence-electron chi connectivity index (χ1n) is 7.38. The van der Waals surface area contributed by atoms with Crippen molar-refractivity contribution in [2.75, 3.05) is 19.6 Å². The highest BCUT2D eigenvalue weighted by Crippen LogP contribution is 2.30. The number of carboxylic acid groups (broad SMARTS) is 1. The number of hydrogen-bond donors (Lipinski definition) is 2. The molecular formula is C16H22N2O3. The molecule has 0 radical (unpaired) electrons. The maximum atomic E-state index is 12.6. The number of carboxylic acids is 1. The Kier molecular flexibility index (Phi) is 4.96. The van der Waals surface area contributed by atoms with E-state index in [4.69, 9.17) is 0 Å². The number of carbonyl (C=O) groups excluding carboxylic acids is 1. The van der Waals surface area contributed by atoms with Crippen LogP contribution in [0.2, 0.25) is 0 Å². The number of aliphatic carboxylic acids is 1. The van der Waals surface area contributed by atoms with Gasteiger partial charge in [-0.1, -0.05) is 38.1 Å². The molecule has 114 valence electrons. The Balaban J connectivity index is 2.24. The van der Waals surface area contributed by atoms with Crippen LogP contribution in [0.1, 0.15) is 31.0 Å². The minimum atomic E-state index is -0.967. The Labute approximate surface area is 125 Å². The van der Waals surface area contributed by atoms with Crippen molar-refractivity contribution in [3.05, 3.63) is 35.4 Å². The van der Waals surface area contributed by atoms with Crippen LogP contribution in [0.15, 0.2) is 24.3 Å². The number of rotatable bonds is 5. The Morgan fingerprint density at radius 1 is 1.43 bits per heavy atom. The molecule has 0 aromatic heterocycles. The zero-order valence-corrected chi connectivity index (χ0v) is 12.5. The average molecular weight is 290 g/mol. The Morgan fingerprint density at radius 2 is 2.14 bits per heavy atom. The fraction of sp³-hybridized carbons (Fsp3) is 0.500. The minimum Gasteiger partial charge on any atom is -0.479 e. The van der Waals surface area contributed by atoms with Crippen LogP contribution in [-0.2, 0) is 16.0 Å². The molecule has 1 heterocycles. The van der Waals surface area contributed by atoms with E-state index in [1.165, 1.54) is 4.90 Å². The van der Waals surface area contributed by atoms with Crippen molar-refractivity contribution in [3.63, 3.8) is 0 Å². The number of carbonyl (C=O) groups is 2. The summed E-state index contributed by atoms with van der Waals surface area (Å²) >= 11 is 0. The second-order valence-electron chi connectivity index (χ2n) is 5.43. The number of amides is 1. The zero-order valence-electron chi connectivity index (χ0n) is 12.5. The molecule has 2 N–H and O–H groups in total. The fourth-order valence-corrected chi connectivity index (χ4v) is 2.80. The first kappa shape index (κ1) is 15.5. The van der Waals surface area contributed by atoms with Gasteiger partial charge in [-0.2, -0.15) is 0 Å². The van der Waals surface area contributed by atoms with Crippen molar-refractivity contribution >= 4 is 11.9 Å². The molecule has 5 heteroatoms. The van der Waals surface area contributed by atoms with Crippen molar-refractivity contribution in [3.8, 4) is 0 Å². The van der Waals surface area contributed by atoms with Gasteiger partial charge in [0.05, 0.1) is 0 Å². The molecule has 1 aromatic carbocycles. The second kappa shape index (κ2) is 6.72. The van der Waals surface area contributed by atoms with E-state index in [0.29, 0.717) is 19.5 Å². The molecule has 2 atom stereocenters. The largest absolute Gasteiger partial charge is 0.479 e. The third-order valence-electron chi connectivity index (χ3n) is 3.92. The summed E-state index contributed by atoms with van der Waals surface area (Å²) in [5, 5.41) is 12.7. The van der Waals surface area contributed by atoms with Crippen LogP contribution >= 0.6 is 0 Å². The molecule has 2 unspecified atom stereocenters. The fourth-order valence-electron chi connectivity index (χ4n) is 2.80. The number of nitrogens with zero attached hydrogens (tertiary/aromatic N) is 1. The number of fused-ring (bicyclic) bond motifs is 1. The summed E-state index contributed by atoms with van der Waals surface area (Å²) in [4.78, 5) is 25.7. The summed E-state index contributed by atoms with van der Waals surface area (Å²) in [6.07, 6.45) is 0.708. The predicted molar refractivity (Wildman–Crippen MR) is 79.9 cm³/mol. The number of hydrogen-bond acceptors (Lipinski definition) is 3. The molecule has 2 rings (SSSR count). The maximum Gasteiger partial charge on any atom is 0.331 e. The summed E-state index contributed by atoms with van der Waals surface area (Å²) in [6, 6.07) is 6.61. The molecule has 0 spiro atoms. The van der Waals surface area contributed by atoms with Gasteiger partial charge in [-0.15, -0.1) is 0 Å². The van der Waals surface area contributed by atoms with Gasteiger partial charge in [0.1, 0.15) is 0 Å². The first-order valence-corrected chi connectivity index (χ1v) is 7.38. The number of benzene rings is 1. The molecule has 0 fully saturated rings. The molecule has 21 heavy (non-hydrogen) atoms. The van der Waals surface area contributed by atoms with Crippen molar-refractivity contribution < 1.29 is 14.7 Å². The standard InChI is InChI=1S/C16H22N2O3/c1-3-17-10-11(2)15(19)18-9-8-12-6-4-5-7-13(12)14(18)16(20)21/h4-7,11,14,17H,3,8-10H2,1-2H3,(H,20,21). The topological polar surface area (TPSA) is 69.6 Å². The van der Waals surface area contributed by atoms with Gasteiger partial charge in [0.2, 0.25) is 5.91 Å². The van der Waals surface area contributed by atoms with Crippen LogP contribution in [0.5, 0.6) is 0 Å². The first-order chi connectivity index (χ1) is 10.1. The molecule has 5 nitrogen and oxygen atoms in total. The van der Waals surface area contributed by atoms with Gasteiger partial charge in [0, 0.05) is 19.0 Å². The summed E-state index contributed by atoms with van der Waals surface area (Å²) in [7, 11) is 0. The van der Waals surface area contributed by atoms with Crippen LogP contribution in [0.3, 0.4) is 0 Å². The quantitative estimate of drug-likeness (QED) is 0.861. The third-order valence-corrected chi connectivity index (χ3v) is 3.92. The lowest BCUT2D eigenvalue weighted by molar-refractivity contribution is -0.152. The van der Waals surface area contributed by atoms with Gasteiger partial charge in [-0.25, -0.2) is 4.79 Å². The lowest BCUT2D eigenvalue weighted by Crippen LogP contribution is -2.47. The normalized spacial score (nSPS) is 19.0. The van der Waals surface area contributed by atoms with Gasteiger partial charge in [0.15, 0.2) is 6.04 Å². The molecular weight excluding hydrogens is 268 g/mol. The molecule has 0 aliphatic carbocycles. The molecule has 1 aromatic rings. The third kappa shape index (κ3) is 3.24. The van der Waals surface area contributed by atoms with E-state index in [0.717, 1.165) is 17.7 Å². The van der Waals surface area contributed by atoms with E-state index in [1.807, 2.05) is 38.1 Å². The Bertz CT molecular complexity index is 530. The summed E-state index contributed by atoms with van der Waals surface area (Å²) in [5.41, 5.74) is 1.76. The highest BCUT2D eigenvalue weighted by Gasteiger charge is 2.37. The van der Waals surface area contributed by atoms with Crippen LogP contribution in [-0.4, -0.2) is 41.5 Å². The molecule has 1 aliphatic rings. The number of nitrogens with one attached hydrogen (secondary N) is 1. The molecule has 0 saturated heterocycles. The zero-order chi connectivity index (χ0) is 15.4. The molecule has 0 bridgehead atoms. The smallest absolute Gasteiger partial charge is 0.331 e. The van der Waals surface area contributed by atoms with Crippen molar-refractivity contribution in [2.24, 2.45) is 5.92 Å². The lowest BCUT2D eigenvalue weighted by Gasteiger charge is -2.36. The van der Waals surface area contributed by atoms with Crippen molar-refractivity contribution in [2.45, 2.75) is 26.3 Å². The van der Waals surface area contributed by atoms with Gasteiger partial charge >= 0.3 is 5.97 Å². The van der Waals surface area contributed by atoms with Gasteiger partial charge in [-0.05, 0) is 24.1 Å². The van der Waals surface area contributed by atoms with Crippen LogP contribution in [0.25, 0.3) is 0 Å². The van der Waals surface area contributed by atoms with Gasteiger partial charge in [0.25, 0.3) is 0 Å². The van der Waals surface area contributed by atoms with E-state index < -0.39 is 12.0 Å². The SMILES string of the molecule is CCNCC(C)C(=O)N1CCc2ccccc2C1C(=O)O. The van der Waals surface area contributed by atoms with Crippen molar-refractivity contribution in [1.29, 1.82) is 0 Å². The van der Waals surface area contributed by atoms with Crippen LogP contribution in [0.4, 0.5) is 0 Å². The maximum absolute atomic E-state index is 12.6. The predicted octanol–water partition coefficient (Wildman–Crippen LogP) is 1.44. The van der Waals surface area contributed by atoms with E-state index in [2.05, 4.69) is 5.32 Å². The molecule has 1 aliphatic heterocycles. The summed E-state index contributed by atoms with van der Waals surface area (Å²) in [6.45, 7) is 5.64. The summed E-state index contributed by atoms with van der Waals surface area (Å²) in [5.74, 6) is -1.29. The van der Waals surface area contributed by atoms with Crippen molar-refractivity contribution in [1.82, 2.24) is 10.2 Å². The monoisotopic (exact) mass is 290 g/mol. The highest BCUT2D eigenvalue weighted by atomic mass is 16.4. The Morgan fingerprint density at radius 3 is 2.81 bits per heavy atom. The van der Waals surface area contributed by atoms with E-state index in [1.54, 1.807) is 0 Å². The lowest BCUT2D eigenvalue weighted by atomic mass is 9.91. The van der Waals surface area contributed by atoms with Gasteiger partial charge < -0.3 is 15.3 Å². The van der Waals surface area contributed by atoms with Crippen LogP contribution in [0, 0.1) is 5.92 Å². The highest BCUT2D eigenvalue weighted by molar-refractivity contribution is 5.86. The second-order valence-corrected chi connectivity index (χ2v) is 5.43. The van der Waals surface area contributed by atoms with E-state index in [9.17, 15) is 14.7 Å². The average Bonchev–Trinajstić information content (AvgIpc) is 2.50. The molecule has 0 saturated carbocycles. The van der Waals surface area contributed by atoms with Gasteiger partial charge in [-0.3, -0.25) is 4.79 Å².